The Balaban J connectivity index is 1.78. The summed E-state index contributed by atoms with van der Waals surface area (Å²) >= 11 is 0. The Hall–Kier alpha value is -3.41. The highest BCUT2D eigenvalue weighted by Gasteiger charge is 2.44. The molecule has 0 saturated carbocycles. The van der Waals surface area contributed by atoms with E-state index in [0.29, 0.717) is 29.9 Å². The molecular weight excluding hydrogens is 406 g/mol. The molecule has 0 saturated heterocycles. The van der Waals surface area contributed by atoms with Gasteiger partial charge >= 0.3 is 5.97 Å². The third-order valence-electron chi connectivity index (χ3n) is 6.38. The number of aliphatic imine (C=N–C) groups is 1. The first-order valence-corrected chi connectivity index (χ1v) is 10.6. The van der Waals surface area contributed by atoms with Crippen LogP contribution in [0.4, 0.5) is 0 Å². The van der Waals surface area contributed by atoms with Crippen molar-refractivity contribution in [3.05, 3.63) is 70.9 Å². The summed E-state index contributed by atoms with van der Waals surface area (Å²) in [6.07, 6.45) is 1.01. The van der Waals surface area contributed by atoms with E-state index in [9.17, 15) is 9.59 Å². The topological polar surface area (TPSA) is 74.2 Å². The largest absolute Gasteiger partial charge is 0.497 e. The Morgan fingerprint density at radius 1 is 0.938 bits per heavy atom. The summed E-state index contributed by atoms with van der Waals surface area (Å²) in [6, 6.07) is 15.3. The average Bonchev–Trinajstić information content (AvgIpc) is 2.82. The molecule has 0 spiro atoms. The van der Waals surface area contributed by atoms with Gasteiger partial charge in [-0.2, -0.15) is 0 Å². The predicted molar refractivity (Wildman–Crippen MR) is 121 cm³/mol. The van der Waals surface area contributed by atoms with Crippen LogP contribution in [0.15, 0.2) is 64.8 Å². The molecule has 0 amide bonds. The second kappa shape index (κ2) is 8.99. The molecule has 2 aliphatic rings. The van der Waals surface area contributed by atoms with Gasteiger partial charge in [-0.1, -0.05) is 24.3 Å². The number of hydrogen-bond donors (Lipinski definition) is 0. The third kappa shape index (κ3) is 3.93. The Morgan fingerprint density at radius 3 is 2.31 bits per heavy atom. The number of esters is 1. The highest BCUT2D eigenvalue weighted by molar-refractivity contribution is 6.09. The van der Waals surface area contributed by atoms with Crippen LogP contribution in [0.25, 0.3) is 0 Å². The van der Waals surface area contributed by atoms with Gasteiger partial charge in [-0.15, -0.1) is 0 Å². The molecule has 2 aromatic carbocycles. The van der Waals surface area contributed by atoms with Gasteiger partial charge in [0.1, 0.15) is 17.4 Å². The van der Waals surface area contributed by atoms with Gasteiger partial charge in [0.15, 0.2) is 5.78 Å². The monoisotopic (exact) mass is 433 g/mol. The van der Waals surface area contributed by atoms with E-state index in [-0.39, 0.29) is 11.7 Å². The first kappa shape index (κ1) is 21.8. The van der Waals surface area contributed by atoms with Gasteiger partial charge in [-0.3, -0.25) is 14.6 Å². The number of Topliss-reactive ketones (excluding diaryl/α,β-unsaturated/α-hetero) is 1. The van der Waals surface area contributed by atoms with Crippen molar-refractivity contribution in [1.82, 2.24) is 0 Å². The standard InChI is InChI=1S/C26H27NO5/c1-15-23(26(29)32-4)24(17-6-5-7-20(12-17)31-3)25-21(27-15)13-18(14-22(25)28)16-8-10-19(30-2)11-9-16/h5-12,18,23-24H,13-14H2,1-4H3/t18-,23?,24-/m0/s1. The molecule has 4 rings (SSSR count). The van der Waals surface area contributed by atoms with E-state index in [4.69, 9.17) is 19.2 Å². The zero-order valence-corrected chi connectivity index (χ0v) is 18.8. The summed E-state index contributed by atoms with van der Waals surface area (Å²) in [5.74, 6) is 0.0147. The van der Waals surface area contributed by atoms with Crippen LogP contribution in [0.3, 0.4) is 0 Å². The lowest BCUT2D eigenvalue weighted by Gasteiger charge is -2.36. The van der Waals surface area contributed by atoms with Crippen LogP contribution in [0, 0.1) is 5.92 Å². The van der Waals surface area contributed by atoms with Crippen molar-refractivity contribution in [2.75, 3.05) is 21.3 Å². The molecule has 3 atom stereocenters. The van der Waals surface area contributed by atoms with E-state index >= 15 is 0 Å². The van der Waals surface area contributed by atoms with Crippen molar-refractivity contribution < 1.29 is 23.8 Å². The minimum absolute atomic E-state index is 0.0186. The number of allylic oxidation sites excluding steroid dienone is 2. The maximum absolute atomic E-state index is 13.5. The molecular formula is C26H27NO5. The van der Waals surface area contributed by atoms with Gasteiger partial charge in [0.05, 0.1) is 21.3 Å². The summed E-state index contributed by atoms with van der Waals surface area (Å²) in [5.41, 5.74) is 3.95. The molecule has 1 aliphatic heterocycles. The summed E-state index contributed by atoms with van der Waals surface area (Å²) in [4.78, 5) is 31.0. The van der Waals surface area contributed by atoms with Gasteiger partial charge < -0.3 is 14.2 Å². The third-order valence-corrected chi connectivity index (χ3v) is 6.38. The number of methoxy groups -OCH3 is 3. The smallest absolute Gasteiger partial charge is 0.315 e. The molecule has 0 bridgehead atoms. The number of hydrogen-bond acceptors (Lipinski definition) is 6. The maximum Gasteiger partial charge on any atom is 0.315 e. The molecule has 166 valence electrons. The Morgan fingerprint density at radius 2 is 1.66 bits per heavy atom. The van der Waals surface area contributed by atoms with Gasteiger partial charge in [-0.05, 0) is 54.7 Å². The van der Waals surface area contributed by atoms with Crippen molar-refractivity contribution in [2.45, 2.75) is 31.6 Å². The van der Waals surface area contributed by atoms with Crippen LogP contribution < -0.4 is 9.47 Å². The number of carbonyl (C=O) groups is 2. The van der Waals surface area contributed by atoms with Crippen molar-refractivity contribution in [3.8, 4) is 11.5 Å². The molecule has 6 nitrogen and oxygen atoms in total. The lowest BCUT2D eigenvalue weighted by atomic mass is 9.69. The zero-order valence-electron chi connectivity index (χ0n) is 18.8. The van der Waals surface area contributed by atoms with Crippen LogP contribution in [-0.4, -0.2) is 38.8 Å². The van der Waals surface area contributed by atoms with E-state index in [0.717, 1.165) is 22.6 Å². The molecule has 1 heterocycles. The molecule has 6 heteroatoms. The van der Waals surface area contributed by atoms with Gasteiger partial charge in [0.2, 0.25) is 0 Å². The fourth-order valence-electron chi connectivity index (χ4n) is 4.80. The number of nitrogens with zero attached hydrogens (tertiary/aromatic N) is 1. The highest BCUT2D eigenvalue weighted by atomic mass is 16.5. The molecule has 0 fully saturated rings. The van der Waals surface area contributed by atoms with Crippen LogP contribution in [-0.2, 0) is 14.3 Å². The quantitative estimate of drug-likeness (QED) is 0.651. The molecule has 2 aromatic rings. The van der Waals surface area contributed by atoms with Crippen molar-refractivity contribution in [1.29, 1.82) is 0 Å². The summed E-state index contributed by atoms with van der Waals surface area (Å²) in [6.45, 7) is 1.83. The van der Waals surface area contributed by atoms with Crippen LogP contribution >= 0.6 is 0 Å². The van der Waals surface area contributed by atoms with Crippen LogP contribution in [0.2, 0.25) is 0 Å². The number of ether oxygens (including phenoxy) is 3. The second-order valence-corrected chi connectivity index (χ2v) is 8.17. The number of ketones is 1. The van der Waals surface area contributed by atoms with E-state index in [2.05, 4.69) is 0 Å². The molecule has 1 unspecified atom stereocenters. The van der Waals surface area contributed by atoms with E-state index in [1.807, 2.05) is 55.5 Å². The fraction of sp³-hybridized carbons (Fsp3) is 0.346. The molecule has 32 heavy (non-hydrogen) atoms. The van der Waals surface area contributed by atoms with Gasteiger partial charge in [-0.25, -0.2) is 0 Å². The van der Waals surface area contributed by atoms with Crippen molar-refractivity contribution >= 4 is 17.5 Å². The Bertz CT molecular complexity index is 1100. The number of rotatable bonds is 5. The van der Waals surface area contributed by atoms with Crippen molar-refractivity contribution in [2.24, 2.45) is 10.9 Å². The van der Waals surface area contributed by atoms with Gasteiger partial charge in [0.25, 0.3) is 0 Å². The summed E-state index contributed by atoms with van der Waals surface area (Å²) in [5, 5.41) is 0. The molecule has 0 aromatic heterocycles. The lowest BCUT2D eigenvalue weighted by Crippen LogP contribution is -2.37. The average molecular weight is 434 g/mol. The fourth-order valence-corrected chi connectivity index (χ4v) is 4.80. The maximum atomic E-state index is 13.5. The van der Waals surface area contributed by atoms with E-state index in [1.165, 1.54) is 7.11 Å². The zero-order chi connectivity index (χ0) is 22.8. The minimum Gasteiger partial charge on any atom is -0.497 e. The summed E-state index contributed by atoms with van der Waals surface area (Å²) < 4.78 is 15.7. The highest BCUT2D eigenvalue weighted by Crippen LogP contribution is 2.47. The minimum atomic E-state index is -0.646. The number of carbonyl (C=O) groups excluding carboxylic acids is 2. The molecule has 0 N–H and O–H groups in total. The first-order valence-electron chi connectivity index (χ1n) is 10.6. The van der Waals surface area contributed by atoms with Crippen LogP contribution in [0.1, 0.15) is 42.7 Å². The van der Waals surface area contributed by atoms with E-state index in [1.54, 1.807) is 14.2 Å². The lowest BCUT2D eigenvalue weighted by molar-refractivity contribution is -0.143. The Labute approximate surface area is 187 Å². The Kier molecular flexibility index (Phi) is 6.12. The molecule has 0 radical (unpaired) electrons. The normalized spacial score (nSPS) is 22.7. The number of benzene rings is 2. The molecule has 1 aliphatic carbocycles. The SMILES string of the molecule is COC(=O)C1C(C)=NC2=C(C(=O)C[C@@H](c3ccc(OC)cc3)C2)[C@H]1c1cccc(OC)c1. The first-order chi connectivity index (χ1) is 15.5. The second-order valence-electron chi connectivity index (χ2n) is 8.17. The predicted octanol–water partition coefficient (Wildman–Crippen LogP) is 4.45. The van der Waals surface area contributed by atoms with E-state index < -0.39 is 17.8 Å². The van der Waals surface area contributed by atoms with Crippen molar-refractivity contribution in [3.63, 3.8) is 0 Å². The van der Waals surface area contributed by atoms with Gasteiger partial charge in [0, 0.05) is 29.3 Å². The van der Waals surface area contributed by atoms with Crippen LogP contribution in [0.5, 0.6) is 11.5 Å². The summed E-state index contributed by atoms with van der Waals surface area (Å²) in [7, 11) is 4.59.